The van der Waals surface area contributed by atoms with E-state index in [0.29, 0.717) is 22.6 Å². The van der Waals surface area contributed by atoms with Gasteiger partial charge in [-0.25, -0.2) is 4.39 Å². The van der Waals surface area contributed by atoms with Gasteiger partial charge in [0.05, 0.1) is 23.1 Å². The number of hydrogen-bond donors (Lipinski definition) is 1. The molecule has 1 aromatic carbocycles. The van der Waals surface area contributed by atoms with Gasteiger partial charge in [0, 0.05) is 18.2 Å². The first-order valence-electron chi connectivity index (χ1n) is 5.89. The number of aromatic nitrogens is 2. The van der Waals surface area contributed by atoms with Crippen molar-refractivity contribution in [3.05, 3.63) is 47.6 Å². The maximum atomic E-state index is 14.1. The van der Waals surface area contributed by atoms with Crippen LogP contribution in [0.1, 0.15) is 0 Å². The molecule has 0 spiro atoms. The minimum absolute atomic E-state index is 0.246. The first kappa shape index (κ1) is 12.7. The summed E-state index contributed by atoms with van der Waals surface area (Å²) in [5.41, 5.74) is 7.99. The van der Waals surface area contributed by atoms with Crippen molar-refractivity contribution in [2.75, 3.05) is 5.73 Å². The monoisotopic (exact) mass is 291 g/mol. The van der Waals surface area contributed by atoms with E-state index in [1.807, 2.05) is 0 Å². The van der Waals surface area contributed by atoms with Crippen LogP contribution in [-0.4, -0.2) is 9.78 Å². The van der Waals surface area contributed by atoms with E-state index in [4.69, 9.17) is 21.8 Å². The Morgan fingerprint density at radius 2 is 2.10 bits per heavy atom. The molecule has 0 bridgehead atoms. The van der Waals surface area contributed by atoms with Gasteiger partial charge in [0.2, 0.25) is 0 Å². The molecule has 0 amide bonds. The van der Waals surface area contributed by atoms with Gasteiger partial charge in [-0.3, -0.25) is 4.68 Å². The van der Waals surface area contributed by atoms with Gasteiger partial charge in [0.1, 0.15) is 17.3 Å². The fraction of sp³-hybridized carbons (Fsp3) is 0.0714. The molecule has 0 saturated carbocycles. The molecule has 0 radical (unpaired) electrons. The third-order valence-electron chi connectivity index (χ3n) is 3.10. The van der Waals surface area contributed by atoms with E-state index in [1.165, 1.54) is 23.3 Å². The zero-order valence-corrected chi connectivity index (χ0v) is 11.4. The quantitative estimate of drug-likeness (QED) is 0.783. The molecule has 6 heteroatoms. The molecule has 0 aliphatic heterocycles. The summed E-state index contributed by atoms with van der Waals surface area (Å²) in [6.45, 7) is 0. The third kappa shape index (κ3) is 1.87. The van der Waals surface area contributed by atoms with Crippen molar-refractivity contribution < 1.29 is 8.81 Å². The first-order chi connectivity index (χ1) is 9.59. The van der Waals surface area contributed by atoms with E-state index >= 15 is 0 Å². The number of hydrogen-bond acceptors (Lipinski definition) is 3. The smallest absolute Gasteiger partial charge is 0.132 e. The van der Waals surface area contributed by atoms with Crippen LogP contribution in [0.4, 0.5) is 10.2 Å². The Labute approximate surface area is 119 Å². The maximum absolute atomic E-state index is 14.1. The fourth-order valence-electron chi connectivity index (χ4n) is 2.12. The van der Waals surface area contributed by atoms with E-state index in [0.717, 1.165) is 0 Å². The summed E-state index contributed by atoms with van der Waals surface area (Å²) in [5, 5.41) is 4.60. The molecule has 3 aromatic rings. The van der Waals surface area contributed by atoms with Crippen LogP contribution in [0, 0.1) is 5.82 Å². The summed E-state index contributed by atoms with van der Waals surface area (Å²) in [4.78, 5) is 0. The predicted octanol–water partition coefficient (Wildman–Crippen LogP) is 3.72. The van der Waals surface area contributed by atoms with Gasteiger partial charge in [-0.1, -0.05) is 17.7 Å². The summed E-state index contributed by atoms with van der Waals surface area (Å²) >= 11 is 6.12. The molecule has 0 aliphatic rings. The van der Waals surface area contributed by atoms with E-state index in [9.17, 15) is 4.39 Å². The van der Waals surface area contributed by atoms with Crippen molar-refractivity contribution in [3.8, 4) is 22.4 Å². The van der Waals surface area contributed by atoms with Gasteiger partial charge in [-0.2, -0.15) is 5.10 Å². The summed E-state index contributed by atoms with van der Waals surface area (Å²) in [6.07, 6.45) is 3.05. The van der Waals surface area contributed by atoms with E-state index in [2.05, 4.69) is 5.10 Å². The lowest BCUT2D eigenvalue weighted by atomic mass is 10.0. The Morgan fingerprint density at radius 1 is 1.30 bits per heavy atom. The number of nitrogens with zero attached hydrogens (tertiary/aromatic N) is 2. The minimum Gasteiger partial charge on any atom is -0.472 e. The molecule has 0 unspecified atom stereocenters. The van der Waals surface area contributed by atoms with Crippen molar-refractivity contribution in [1.82, 2.24) is 9.78 Å². The van der Waals surface area contributed by atoms with Crippen molar-refractivity contribution in [2.24, 2.45) is 7.05 Å². The van der Waals surface area contributed by atoms with Crippen LogP contribution in [-0.2, 0) is 7.05 Å². The van der Waals surface area contributed by atoms with Crippen molar-refractivity contribution in [3.63, 3.8) is 0 Å². The van der Waals surface area contributed by atoms with Gasteiger partial charge in [0.25, 0.3) is 0 Å². The third-order valence-corrected chi connectivity index (χ3v) is 3.41. The second-order valence-corrected chi connectivity index (χ2v) is 4.75. The molecule has 2 N–H and O–H groups in total. The number of aryl methyl sites for hydroxylation is 1. The van der Waals surface area contributed by atoms with Gasteiger partial charge in [-0.15, -0.1) is 0 Å². The van der Waals surface area contributed by atoms with E-state index in [-0.39, 0.29) is 10.6 Å². The standard InChI is InChI=1S/C14H11ClFN3O/c1-19-14(17)12(11-9(15)3-2-4-10(11)16)13(18-19)8-5-6-20-7-8/h2-7H,17H2,1H3. The van der Waals surface area contributed by atoms with Crippen LogP contribution in [0.25, 0.3) is 22.4 Å². The molecule has 0 atom stereocenters. The molecule has 0 aliphatic carbocycles. The Morgan fingerprint density at radius 3 is 2.75 bits per heavy atom. The topological polar surface area (TPSA) is 57.0 Å². The summed E-state index contributed by atoms with van der Waals surface area (Å²) in [6, 6.07) is 6.24. The zero-order valence-electron chi connectivity index (χ0n) is 10.6. The van der Waals surface area contributed by atoms with Crippen LogP contribution >= 0.6 is 11.6 Å². The van der Waals surface area contributed by atoms with Crippen LogP contribution in [0.3, 0.4) is 0 Å². The normalized spacial score (nSPS) is 10.9. The molecule has 0 fully saturated rings. The first-order valence-corrected chi connectivity index (χ1v) is 6.27. The van der Waals surface area contributed by atoms with Gasteiger partial charge in [-0.05, 0) is 18.2 Å². The molecular formula is C14H11ClFN3O. The number of nitrogens with two attached hydrogens (primary N) is 1. The maximum Gasteiger partial charge on any atom is 0.132 e. The highest BCUT2D eigenvalue weighted by molar-refractivity contribution is 6.33. The number of nitrogen functional groups attached to an aromatic ring is 1. The summed E-state index contributed by atoms with van der Waals surface area (Å²) in [5.74, 6) is -0.102. The van der Waals surface area contributed by atoms with Crippen molar-refractivity contribution in [2.45, 2.75) is 0 Å². The summed E-state index contributed by atoms with van der Waals surface area (Å²) in [7, 11) is 1.69. The van der Waals surface area contributed by atoms with Gasteiger partial charge in [0.15, 0.2) is 0 Å². The highest BCUT2D eigenvalue weighted by atomic mass is 35.5. The SMILES string of the molecule is Cn1nc(-c2ccoc2)c(-c2c(F)cccc2Cl)c1N. The molecule has 20 heavy (non-hydrogen) atoms. The highest BCUT2D eigenvalue weighted by Crippen LogP contribution is 2.40. The molecule has 0 saturated heterocycles. The van der Waals surface area contributed by atoms with E-state index < -0.39 is 5.82 Å². The number of rotatable bonds is 2. The predicted molar refractivity (Wildman–Crippen MR) is 75.7 cm³/mol. The average Bonchev–Trinajstić information content (AvgIpc) is 3.01. The Hall–Kier alpha value is -2.27. The fourth-order valence-corrected chi connectivity index (χ4v) is 2.38. The van der Waals surface area contributed by atoms with E-state index in [1.54, 1.807) is 25.2 Å². The molecule has 102 valence electrons. The van der Waals surface area contributed by atoms with Crippen LogP contribution in [0.15, 0.2) is 41.2 Å². The lowest BCUT2D eigenvalue weighted by molar-refractivity contribution is 0.568. The Kier molecular flexibility index (Phi) is 2.99. The lowest BCUT2D eigenvalue weighted by Gasteiger charge is -2.07. The second kappa shape index (κ2) is 4.68. The molecule has 4 nitrogen and oxygen atoms in total. The molecular weight excluding hydrogens is 281 g/mol. The average molecular weight is 292 g/mol. The highest BCUT2D eigenvalue weighted by Gasteiger charge is 2.22. The molecule has 3 rings (SSSR count). The van der Waals surface area contributed by atoms with Crippen LogP contribution in [0.2, 0.25) is 5.02 Å². The summed E-state index contributed by atoms with van der Waals surface area (Å²) < 4.78 is 20.7. The van der Waals surface area contributed by atoms with Crippen molar-refractivity contribution >= 4 is 17.4 Å². The second-order valence-electron chi connectivity index (χ2n) is 4.34. The number of halogens is 2. The van der Waals surface area contributed by atoms with Gasteiger partial charge >= 0.3 is 0 Å². The lowest BCUT2D eigenvalue weighted by Crippen LogP contribution is -1.98. The Balaban J connectivity index is 2.34. The number of benzene rings is 1. The molecule has 2 heterocycles. The van der Waals surface area contributed by atoms with Gasteiger partial charge < -0.3 is 10.2 Å². The Bertz CT molecular complexity index is 745. The number of furan rings is 1. The zero-order chi connectivity index (χ0) is 14.3. The van der Waals surface area contributed by atoms with Crippen molar-refractivity contribution in [1.29, 1.82) is 0 Å². The van der Waals surface area contributed by atoms with Crippen LogP contribution < -0.4 is 5.73 Å². The minimum atomic E-state index is -0.443. The number of anilines is 1. The molecule has 2 aromatic heterocycles. The largest absolute Gasteiger partial charge is 0.472 e. The van der Waals surface area contributed by atoms with Crippen LogP contribution in [0.5, 0.6) is 0 Å².